The van der Waals surface area contributed by atoms with E-state index in [9.17, 15) is 9.59 Å². The number of nitrogens with zero attached hydrogens (tertiary/aromatic N) is 1. The topological polar surface area (TPSA) is 104 Å². The number of aromatic nitrogens is 1. The Balaban J connectivity index is 2.61. The zero-order valence-electron chi connectivity index (χ0n) is 12.9. The summed E-state index contributed by atoms with van der Waals surface area (Å²) in [6, 6.07) is -1.69. The van der Waals surface area contributed by atoms with Crippen LogP contribution in [0.3, 0.4) is 0 Å². The molecule has 2 amide bonds. The molecule has 1 heterocycles. The SMILES string of the molecule is CCCCC(NC(=O)NC(C)c1c(C)noc1C)C(=O)O. The third-order valence-corrected chi connectivity index (χ3v) is 3.32. The maximum absolute atomic E-state index is 11.9. The summed E-state index contributed by atoms with van der Waals surface area (Å²) >= 11 is 0. The Labute approximate surface area is 124 Å². The molecule has 0 radical (unpaired) electrons. The number of unbranched alkanes of at least 4 members (excludes halogenated alkanes) is 1. The van der Waals surface area contributed by atoms with Gasteiger partial charge in [-0.1, -0.05) is 24.9 Å². The molecule has 0 spiro atoms. The number of nitrogens with one attached hydrogen (secondary N) is 2. The highest BCUT2D eigenvalue weighted by molar-refractivity contribution is 5.82. The highest BCUT2D eigenvalue weighted by Crippen LogP contribution is 2.20. The van der Waals surface area contributed by atoms with E-state index >= 15 is 0 Å². The van der Waals surface area contributed by atoms with Crippen LogP contribution in [0, 0.1) is 13.8 Å². The number of carboxylic acids is 1. The first kappa shape index (κ1) is 17.0. The fourth-order valence-corrected chi connectivity index (χ4v) is 2.24. The summed E-state index contributed by atoms with van der Waals surface area (Å²) in [6.07, 6.45) is 2.04. The molecule has 21 heavy (non-hydrogen) atoms. The highest BCUT2D eigenvalue weighted by Gasteiger charge is 2.22. The maximum atomic E-state index is 11.9. The van der Waals surface area contributed by atoms with Crippen molar-refractivity contribution >= 4 is 12.0 Å². The van der Waals surface area contributed by atoms with E-state index in [2.05, 4.69) is 15.8 Å². The molecular weight excluding hydrogens is 274 g/mol. The number of carbonyl (C=O) groups excluding carboxylic acids is 1. The van der Waals surface area contributed by atoms with Gasteiger partial charge in [-0.15, -0.1) is 0 Å². The summed E-state index contributed by atoms with van der Waals surface area (Å²) in [6.45, 7) is 7.34. The van der Waals surface area contributed by atoms with Gasteiger partial charge in [0.25, 0.3) is 0 Å². The Morgan fingerprint density at radius 2 is 2.00 bits per heavy atom. The van der Waals surface area contributed by atoms with Gasteiger partial charge in [0, 0.05) is 5.56 Å². The van der Waals surface area contributed by atoms with Crippen molar-refractivity contribution in [1.82, 2.24) is 15.8 Å². The van der Waals surface area contributed by atoms with Crippen LogP contribution in [0.1, 0.15) is 56.2 Å². The van der Waals surface area contributed by atoms with E-state index in [4.69, 9.17) is 9.63 Å². The van der Waals surface area contributed by atoms with Crippen LogP contribution in [0.4, 0.5) is 4.79 Å². The van der Waals surface area contributed by atoms with Gasteiger partial charge < -0.3 is 20.3 Å². The first-order chi connectivity index (χ1) is 9.86. The van der Waals surface area contributed by atoms with E-state index in [1.165, 1.54) is 0 Å². The van der Waals surface area contributed by atoms with Gasteiger partial charge in [0.2, 0.25) is 0 Å². The summed E-state index contributed by atoms with van der Waals surface area (Å²) in [5.74, 6) is -0.385. The largest absolute Gasteiger partial charge is 0.480 e. The lowest BCUT2D eigenvalue weighted by Crippen LogP contribution is -2.46. The number of hydrogen-bond acceptors (Lipinski definition) is 4. The minimum absolute atomic E-state index is 0.308. The van der Waals surface area contributed by atoms with E-state index in [0.29, 0.717) is 17.9 Å². The third-order valence-electron chi connectivity index (χ3n) is 3.32. The summed E-state index contributed by atoms with van der Waals surface area (Å²) in [4.78, 5) is 23.0. The molecule has 1 aromatic rings. The zero-order valence-corrected chi connectivity index (χ0v) is 12.9. The predicted molar refractivity (Wildman–Crippen MR) is 77.0 cm³/mol. The van der Waals surface area contributed by atoms with Gasteiger partial charge in [0.15, 0.2) is 0 Å². The summed E-state index contributed by atoms with van der Waals surface area (Å²) in [5.41, 5.74) is 1.52. The standard InChI is InChI=1S/C14H23N3O4/c1-5-6-7-11(13(18)19)16-14(20)15-8(2)12-9(3)17-21-10(12)4/h8,11H,5-7H2,1-4H3,(H,18,19)(H2,15,16,20). The molecule has 118 valence electrons. The molecule has 0 fully saturated rings. The Hall–Kier alpha value is -2.05. The van der Waals surface area contributed by atoms with Crippen molar-refractivity contribution in [2.75, 3.05) is 0 Å². The number of aryl methyl sites for hydroxylation is 2. The molecule has 0 aliphatic carbocycles. The Bertz CT molecular complexity index is 479. The van der Waals surface area contributed by atoms with E-state index in [1.807, 2.05) is 6.92 Å². The van der Waals surface area contributed by atoms with Crippen LogP contribution in [0.5, 0.6) is 0 Å². The summed E-state index contributed by atoms with van der Waals surface area (Å²) in [7, 11) is 0. The molecule has 7 heteroatoms. The maximum Gasteiger partial charge on any atom is 0.326 e. The molecule has 1 rings (SSSR count). The lowest BCUT2D eigenvalue weighted by atomic mass is 10.1. The van der Waals surface area contributed by atoms with Crippen molar-refractivity contribution in [2.45, 2.75) is 59.0 Å². The Morgan fingerprint density at radius 1 is 1.33 bits per heavy atom. The van der Waals surface area contributed by atoms with Crippen LogP contribution in [0.15, 0.2) is 4.52 Å². The Morgan fingerprint density at radius 3 is 2.48 bits per heavy atom. The second kappa shape index (κ2) is 7.66. The molecule has 1 aromatic heterocycles. The van der Waals surface area contributed by atoms with Crippen LogP contribution in [-0.2, 0) is 4.79 Å². The lowest BCUT2D eigenvalue weighted by molar-refractivity contribution is -0.139. The summed E-state index contributed by atoms with van der Waals surface area (Å²) in [5, 5.41) is 18.1. The minimum Gasteiger partial charge on any atom is -0.480 e. The van der Waals surface area contributed by atoms with Crippen LogP contribution in [-0.4, -0.2) is 28.3 Å². The molecule has 2 atom stereocenters. The van der Waals surface area contributed by atoms with Gasteiger partial charge in [-0.2, -0.15) is 0 Å². The highest BCUT2D eigenvalue weighted by atomic mass is 16.5. The first-order valence-electron chi connectivity index (χ1n) is 7.09. The minimum atomic E-state index is -1.02. The van der Waals surface area contributed by atoms with Crippen molar-refractivity contribution < 1.29 is 19.2 Å². The molecule has 0 saturated carbocycles. The van der Waals surface area contributed by atoms with Gasteiger partial charge in [-0.05, 0) is 27.2 Å². The molecule has 0 aliphatic rings. The average molecular weight is 297 g/mol. The average Bonchev–Trinajstić information content (AvgIpc) is 2.73. The number of carbonyl (C=O) groups is 2. The van der Waals surface area contributed by atoms with E-state index < -0.39 is 18.0 Å². The quantitative estimate of drug-likeness (QED) is 0.716. The first-order valence-corrected chi connectivity index (χ1v) is 7.09. The van der Waals surface area contributed by atoms with Crippen molar-refractivity contribution in [1.29, 1.82) is 0 Å². The molecule has 3 N–H and O–H groups in total. The van der Waals surface area contributed by atoms with Gasteiger partial charge in [-0.3, -0.25) is 0 Å². The molecule has 2 unspecified atom stereocenters. The van der Waals surface area contributed by atoms with Crippen molar-refractivity contribution in [2.24, 2.45) is 0 Å². The lowest BCUT2D eigenvalue weighted by Gasteiger charge is -2.18. The Kier molecular flexibility index (Phi) is 6.20. The zero-order chi connectivity index (χ0) is 16.0. The van der Waals surface area contributed by atoms with Crippen molar-refractivity contribution in [3.8, 4) is 0 Å². The van der Waals surface area contributed by atoms with E-state index in [-0.39, 0.29) is 6.04 Å². The van der Waals surface area contributed by atoms with Gasteiger partial charge in [-0.25, -0.2) is 9.59 Å². The number of rotatable bonds is 7. The third kappa shape index (κ3) is 4.77. The van der Waals surface area contributed by atoms with Crippen LogP contribution >= 0.6 is 0 Å². The molecule has 0 bridgehead atoms. The molecule has 0 saturated heterocycles. The number of urea groups is 1. The second-order valence-electron chi connectivity index (χ2n) is 5.11. The fourth-order valence-electron chi connectivity index (χ4n) is 2.24. The van der Waals surface area contributed by atoms with Crippen molar-refractivity contribution in [3.63, 3.8) is 0 Å². The number of hydrogen-bond donors (Lipinski definition) is 3. The normalized spacial score (nSPS) is 13.5. The van der Waals surface area contributed by atoms with Crippen LogP contribution in [0.25, 0.3) is 0 Å². The van der Waals surface area contributed by atoms with E-state index in [1.54, 1.807) is 20.8 Å². The van der Waals surface area contributed by atoms with Gasteiger partial charge in [0.1, 0.15) is 11.8 Å². The summed E-state index contributed by atoms with van der Waals surface area (Å²) < 4.78 is 5.05. The van der Waals surface area contributed by atoms with Crippen LogP contribution in [0.2, 0.25) is 0 Å². The monoisotopic (exact) mass is 297 g/mol. The molecular formula is C14H23N3O4. The number of carboxylic acid groups (broad SMARTS) is 1. The second-order valence-corrected chi connectivity index (χ2v) is 5.11. The molecule has 0 aromatic carbocycles. The number of amides is 2. The van der Waals surface area contributed by atoms with E-state index in [0.717, 1.165) is 18.4 Å². The molecule has 7 nitrogen and oxygen atoms in total. The molecule has 0 aliphatic heterocycles. The van der Waals surface area contributed by atoms with Crippen molar-refractivity contribution in [3.05, 3.63) is 17.0 Å². The fraction of sp³-hybridized carbons (Fsp3) is 0.643. The van der Waals surface area contributed by atoms with Gasteiger partial charge in [0.05, 0.1) is 11.7 Å². The van der Waals surface area contributed by atoms with Gasteiger partial charge >= 0.3 is 12.0 Å². The number of aliphatic carboxylic acids is 1. The smallest absolute Gasteiger partial charge is 0.326 e. The van der Waals surface area contributed by atoms with Crippen LogP contribution < -0.4 is 10.6 Å². The predicted octanol–water partition coefficient (Wildman–Crippen LogP) is 2.30.